The molecule has 3 aromatic rings. The average molecular weight is 350 g/mol. The Bertz CT molecular complexity index is 993. The minimum absolute atomic E-state index is 0.206. The van der Waals surface area contributed by atoms with E-state index in [1.54, 1.807) is 0 Å². The van der Waals surface area contributed by atoms with Crippen molar-refractivity contribution in [3.8, 4) is 0 Å². The van der Waals surface area contributed by atoms with Crippen LogP contribution in [0.5, 0.6) is 0 Å². The maximum atomic E-state index is 10.8. The number of hydrogen-bond acceptors (Lipinski definition) is 6. The number of nitrogens with zero attached hydrogens (tertiary/aromatic N) is 2. The van der Waals surface area contributed by atoms with E-state index < -0.39 is 15.9 Å². The summed E-state index contributed by atoms with van der Waals surface area (Å²) in [4.78, 5) is 0. The minimum Gasteiger partial charge on any atom is -0.748 e. The molecule has 8 heteroatoms. The number of rotatable bonds is 5. The molecule has 23 heavy (non-hydrogen) atoms. The van der Waals surface area contributed by atoms with Gasteiger partial charge in [-0.15, -0.1) is 0 Å². The fraction of sp³-hybridized carbons (Fsp3) is 0.200. The SMILES string of the molecule is O=S(=O)([O-])CCC[n+]1c(/C=N/O)sc2ccc3ccccc3c21. The molecule has 0 atom stereocenters. The Hall–Kier alpha value is -2.03. The van der Waals surface area contributed by atoms with Crippen LogP contribution in [0.1, 0.15) is 11.4 Å². The normalized spacial score (nSPS) is 12.6. The summed E-state index contributed by atoms with van der Waals surface area (Å²) in [6.45, 7) is 0.358. The third-order valence-corrected chi connectivity index (χ3v) is 5.43. The van der Waals surface area contributed by atoms with E-state index in [-0.39, 0.29) is 6.42 Å². The van der Waals surface area contributed by atoms with E-state index in [2.05, 4.69) is 5.16 Å². The van der Waals surface area contributed by atoms with Crippen molar-refractivity contribution in [3.63, 3.8) is 0 Å². The van der Waals surface area contributed by atoms with E-state index in [0.29, 0.717) is 11.6 Å². The van der Waals surface area contributed by atoms with Crippen molar-refractivity contribution in [2.45, 2.75) is 13.0 Å². The molecule has 2 aromatic carbocycles. The van der Waals surface area contributed by atoms with Gasteiger partial charge in [0.2, 0.25) is 5.52 Å². The Labute approximate surface area is 137 Å². The first kappa shape index (κ1) is 15.9. The minimum atomic E-state index is -4.24. The summed E-state index contributed by atoms with van der Waals surface area (Å²) in [5.41, 5.74) is 0.950. The standard InChI is InChI=1S/C15H14N2O4S2/c18-16-10-14-17(8-3-9-23(19,20)21)15-12-5-2-1-4-11(12)6-7-13(15)22-14/h1-2,4-7,10H,3,8-9H2,(H,19,20,21). The lowest BCUT2D eigenvalue weighted by Crippen LogP contribution is -2.37. The summed E-state index contributed by atoms with van der Waals surface area (Å²) in [7, 11) is -4.24. The van der Waals surface area contributed by atoms with Gasteiger partial charge in [0, 0.05) is 12.2 Å². The van der Waals surface area contributed by atoms with Crippen LogP contribution in [0.2, 0.25) is 0 Å². The van der Waals surface area contributed by atoms with Gasteiger partial charge in [-0.1, -0.05) is 40.8 Å². The van der Waals surface area contributed by atoms with Crippen molar-refractivity contribution in [1.29, 1.82) is 0 Å². The molecule has 0 unspecified atom stereocenters. The number of fused-ring (bicyclic) bond motifs is 3. The molecule has 0 spiro atoms. The van der Waals surface area contributed by atoms with Crippen molar-refractivity contribution in [2.24, 2.45) is 5.16 Å². The van der Waals surface area contributed by atoms with Crippen LogP contribution in [0.3, 0.4) is 0 Å². The van der Waals surface area contributed by atoms with Crippen molar-refractivity contribution < 1.29 is 22.7 Å². The quantitative estimate of drug-likeness (QED) is 0.251. The first-order valence-electron chi connectivity index (χ1n) is 6.95. The maximum absolute atomic E-state index is 10.8. The zero-order valence-electron chi connectivity index (χ0n) is 12.0. The lowest BCUT2D eigenvalue weighted by molar-refractivity contribution is -0.667. The molecular formula is C15H14N2O4S2. The van der Waals surface area contributed by atoms with Gasteiger partial charge in [0.15, 0.2) is 6.54 Å². The molecule has 1 aromatic heterocycles. The Balaban J connectivity index is 2.15. The Kier molecular flexibility index (Phi) is 4.29. The van der Waals surface area contributed by atoms with Crippen LogP contribution in [-0.2, 0) is 16.7 Å². The Morgan fingerprint density at radius 1 is 1.26 bits per heavy atom. The van der Waals surface area contributed by atoms with Crippen LogP contribution in [0.15, 0.2) is 41.6 Å². The summed E-state index contributed by atoms with van der Waals surface area (Å²) in [5, 5.41) is 14.7. The molecule has 1 heterocycles. The zero-order chi connectivity index (χ0) is 16.4. The Morgan fingerprint density at radius 2 is 2.04 bits per heavy atom. The molecule has 120 valence electrons. The predicted octanol–water partition coefficient (Wildman–Crippen LogP) is 2.09. The molecule has 6 nitrogen and oxygen atoms in total. The van der Waals surface area contributed by atoms with E-state index in [0.717, 1.165) is 21.0 Å². The van der Waals surface area contributed by atoms with E-state index in [1.165, 1.54) is 17.6 Å². The number of aryl methyl sites for hydroxylation is 1. The molecule has 0 saturated carbocycles. The van der Waals surface area contributed by atoms with Crippen LogP contribution in [0, 0.1) is 0 Å². The highest BCUT2D eigenvalue weighted by Gasteiger charge is 2.21. The fourth-order valence-electron chi connectivity index (χ4n) is 2.64. The van der Waals surface area contributed by atoms with Crippen LogP contribution in [-0.4, -0.2) is 30.1 Å². The summed E-state index contributed by atoms with van der Waals surface area (Å²) >= 11 is 1.45. The van der Waals surface area contributed by atoms with Crippen molar-refractivity contribution in [1.82, 2.24) is 0 Å². The van der Waals surface area contributed by atoms with Crippen molar-refractivity contribution in [3.05, 3.63) is 41.4 Å². The highest BCUT2D eigenvalue weighted by atomic mass is 32.2. The summed E-state index contributed by atoms with van der Waals surface area (Å²) in [5.74, 6) is -0.419. The largest absolute Gasteiger partial charge is 0.748 e. The summed E-state index contributed by atoms with van der Waals surface area (Å²) in [6, 6.07) is 11.9. The van der Waals surface area contributed by atoms with Crippen LogP contribution in [0.25, 0.3) is 21.0 Å². The average Bonchev–Trinajstić information content (AvgIpc) is 2.85. The molecule has 0 radical (unpaired) electrons. The summed E-state index contributed by atoms with van der Waals surface area (Å²) < 4.78 is 35.4. The van der Waals surface area contributed by atoms with Crippen LogP contribution >= 0.6 is 11.3 Å². The molecular weight excluding hydrogens is 336 g/mol. The van der Waals surface area contributed by atoms with Crippen molar-refractivity contribution >= 4 is 48.7 Å². The lowest BCUT2D eigenvalue weighted by Gasteiger charge is -2.04. The van der Waals surface area contributed by atoms with Crippen LogP contribution < -0.4 is 4.57 Å². The topological polar surface area (TPSA) is 93.7 Å². The summed E-state index contributed by atoms with van der Waals surface area (Å²) in [6.07, 6.45) is 1.53. The second kappa shape index (κ2) is 6.23. The number of oxime groups is 1. The second-order valence-electron chi connectivity index (χ2n) is 5.09. The van der Waals surface area contributed by atoms with Gasteiger partial charge >= 0.3 is 0 Å². The van der Waals surface area contributed by atoms with Gasteiger partial charge in [0.05, 0.1) is 15.5 Å². The van der Waals surface area contributed by atoms with Gasteiger partial charge in [-0.2, -0.15) is 4.57 Å². The number of thiazole rings is 1. The molecule has 0 saturated heterocycles. The molecule has 3 rings (SSSR count). The van der Waals surface area contributed by atoms with Gasteiger partial charge in [0.25, 0.3) is 5.01 Å². The highest BCUT2D eigenvalue weighted by molar-refractivity contribution is 7.85. The number of benzene rings is 2. The third-order valence-electron chi connectivity index (χ3n) is 3.56. The van der Waals surface area contributed by atoms with E-state index >= 15 is 0 Å². The first-order valence-corrected chi connectivity index (χ1v) is 9.34. The highest BCUT2D eigenvalue weighted by Crippen LogP contribution is 2.27. The van der Waals surface area contributed by atoms with Gasteiger partial charge in [-0.25, -0.2) is 8.42 Å². The van der Waals surface area contributed by atoms with Gasteiger partial charge < -0.3 is 9.76 Å². The predicted molar refractivity (Wildman–Crippen MR) is 88.1 cm³/mol. The monoisotopic (exact) mass is 350 g/mol. The van der Waals surface area contributed by atoms with Crippen LogP contribution in [0.4, 0.5) is 0 Å². The van der Waals surface area contributed by atoms with E-state index in [1.807, 2.05) is 41.0 Å². The lowest BCUT2D eigenvalue weighted by atomic mass is 10.1. The van der Waals surface area contributed by atoms with Gasteiger partial charge in [-0.3, -0.25) is 0 Å². The molecule has 0 aliphatic carbocycles. The molecule has 0 bridgehead atoms. The molecule has 1 N–H and O–H groups in total. The number of hydrogen-bond donors (Lipinski definition) is 1. The third kappa shape index (κ3) is 3.34. The molecule has 0 amide bonds. The fourth-order valence-corrected chi connectivity index (χ4v) is 4.19. The zero-order valence-corrected chi connectivity index (χ0v) is 13.7. The van der Waals surface area contributed by atoms with Crippen molar-refractivity contribution in [2.75, 3.05) is 5.75 Å². The maximum Gasteiger partial charge on any atom is 0.284 e. The molecule has 0 aliphatic heterocycles. The molecule has 0 aliphatic rings. The second-order valence-corrected chi connectivity index (χ2v) is 7.67. The van der Waals surface area contributed by atoms with E-state index in [4.69, 9.17) is 5.21 Å². The molecule has 0 fully saturated rings. The van der Waals surface area contributed by atoms with E-state index in [9.17, 15) is 13.0 Å². The van der Waals surface area contributed by atoms with Gasteiger partial charge in [0.1, 0.15) is 10.9 Å². The Morgan fingerprint density at radius 3 is 2.78 bits per heavy atom. The number of aromatic nitrogens is 1. The smallest absolute Gasteiger partial charge is 0.284 e. The van der Waals surface area contributed by atoms with Gasteiger partial charge in [-0.05, 0) is 17.5 Å². The first-order chi connectivity index (χ1) is 11.0.